The van der Waals surface area contributed by atoms with Gasteiger partial charge in [0.2, 0.25) is 11.4 Å². The quantitative estimate of drug-likeness (QED) is 0.280. The van der Waals surface area contributed by atoms with Crippen LogP contribution < -0.4 is 18.9 Å². The lowest BCUT2D eigenvalue weighted by Gasteiger charge is -2.16. The number of ether oxygens (including phenoxy) is 2. The van der Waals surface area contributed by atoms with Crippen molar-refractivity contribution in [3.05, 3.63) is 64.0 Å². The fourth-order valence-corrected chi connectivity index (χ4v) is 5.83. The lowest BCUT2D eigenvalue weighted by molar-refractivity contribution is -0.668. The Morgan fingerprint density at radius 3 is 2.74 bits per heavy atom. The first-order valence-electron chi connectivity index (χ1n) is 11.3. The molecule has 0 radical (unpaired) electrons. The van der Waals surface area contributed by atoms with Crippen LogP contribution >= 0.6 is 22.9 Å². The fourth-order valence-electron chi connectivity index (χ4n) is 4.02. The van der Waals surface area contributed by atoms with Gasteiger partial charge in [0.15, 0.2) is 12.3 Å². The summed E-state index contributed by atoms with van der Waals surface area (Å²) in [6.07, 6.45) is 5.19. The number of halogens is 1. The number of allylic oxidation sites excluding steroid dienone is 2. The standard InChI is InChI=1S/C25H27ClN2O5S2/c1-4-17(13-24-27(5-2)20-15-18(26)7-9-22(20)33-24)14-25-28(11-6-12-35(29,30)31)21-16-19(32-3)8-10-23(21)34-25/h7-10,13-16H,4-6,11-12H2,1-3H3/p+1. The van der Waals surface area contributed by atoms with E-state index in [0.717, 1.165) is 56.8 Å². The topological polar surface area (TPSA) is 80.0 Å². The van der Waals surface area contributed by atoms with E-state index < -0.39 is 10.1 Å². The smallest absolute Gasteiger partial charge is 0.265 e. The van der Waals surface area contributed by atoms with Gasteiger partial charge in [-0.05, 0) is 49.2 Å². The van der Waals surface area contributed by atoms with Crippen molar-refractivity contribution in [3.63, 3.8) is 0 Å². The Labute approximate surface area is 214 Å². The third-order valence-corrected chi connectivity index (χ3v) is 7.91. The molecule has 35 heavy (non-hydrogen) atoms. The molecule has 10 heteroatoms. The van der Waals surface area contributed by atoms with E-state index in [-0.39, 0.29) is 5.75 Å². The number of methoxy groups -OCH3 is 1. The van der Waals surface area contributed by atoms with Crippen LogP contribution in [-0.2, 0) is 16.7 Å². The molecule has 0 amide bonds. The second-order valence-corrected chi connectivity index (χ2v) is 11.1. The second-order valence-electron chi connectivity index (χ2n) is 8.08. The van der Waals surface area contributed by atoms with Gasteiger partial charge in [-0.25, -0.2) is 0 Å². The highest BCUT2D eigenvalue weighted by Gasteiger charge is 2.26. The SMILES string of the molecule is CCC(/C=C1\Oc2ccc(Cl)cc2N1CC)=C\c1sc2ccc(OC)cc2[n+]1CCCS(=O)(=O)O. The summed E-state index contributed by atoms with van der Waals surface area (Å²) in [7, 11) is -2.41. The van der Waals surface area contributed by atoms with Gasteiger partial charge in [0.1, 0.15) is 10.4 Å². The summed E-state index contributed by atoms with van der Waals surface area (Å²) < 4.78 is 46.4. The first-order valence-corrected chi connectivity index (χ1v) is 14.2. The van der Waals surface area contributed by atoms with Crippen LogP contribution in [0.4, 0.5) is 5.69 Å². The Morgan fingerprint density at radius 2 is 2.06 bits per heavy atom. The summed E-state index contributed by atoms with van der Waals surface area (Å²) in [5, 5.41) is 1.63. The zero-order valence-corrected chi connectivity index (χ0v) is 22.2. The molecule has 0 saturated carbocycles. The number of hydrogen-bond acceptors (Lipinski definition) is 6. The van der Waals surface area contributed by atoms with Gasteiger partial charge in [-0.15, -0.1) is 0 Å². The van der Waals surface area contributed by atoms with Crippen molar-refractivity contribution in [3.8, 4) is 11.5 Å². The molecule has 1 N–H and O–H groups in total. The van der Waals surface area contributed by atoms with Crippen LogP contribution in [0.5, 0.6) is 11.5 Å². The molecule has 0 fully saturated rings. The average Bonchev–Trinajstić information content (AvgIpc) is 3.33. The molecule has 0 aliphatic carbocycles. The number of aryl methyl sites for hydroxylation is 1. The van der Waals surface area contributed by atoms with Crippen molar-refractivity contribution in [2.45, 2.75) is 33.2 Å². The van der Waals surface area contributed by atoms with Crippen molar-refractivity contribution in [2.75, 3.05) is 24.3 Å². The molecule has 1 aromatic heterocycles. The second kappa shape index (κ2) is 10.6. The maximum atomic E-state index is 11.3. The molecule has 4 rings (SSSR count). The fraction of sp³-hybridized carbons (Fsp3) is 0.320. The number of aromatic nitrogens is 1. The van der Waals surface area contributed by atoms with Gasteiger partial charge in [0.25, 0.3) is 15.1 Å². The molecular formula is C25H28ClN2O5S2+. The van der Waals surface area contributed by atoms with Gasteiger partial charge < -0.3 is 14.4 Å². The summed E-state index contributed by atoms with van der Waals surface area (Å²) in [5.74, 6) is 1.93. The van der Waals surface area contributed by atoms with Crippen molar-refractivity contribution < 1.29 is 27.0 Å². The van der Waals surface area contributed by atoms with Crippen LogP contribution in [0.3, 0.4) is 0 Å². The van der Waals surface area contributed by atoms with Crippen LogP contribution in [0.2, 0.25) is 5.02 Å². The number of hydrogen-bond donors (Lipinski definition) is 1. The average molecular weight is 536 g/mol. The van der Waals surface area contributed by atoms with Gasteiger partial charge in [-0.3, -0.25) is 4.55 Å². The Bertz CT molecular complexity index is 1410. The molecule has 0 saturated heterocycles. The van der Waals surface area contributed by atoms with E-state index in [1.54, 1.807) is 18.4 Å². The summed E-state index contributed by atoms with van der Waals surface area (Å²) >= 11 is 7.82. The first kappa shape index (κ1) is 25.5. The normalized spacial score (nSPS) is 15.1. The molecule has 2 aromatic carbocycles. The number of fused-ring (bicyclic) bond motifs is 2. The molecule has 1 aliphatic heterocycles. The molecule has 0 bridgehead atoms. The summed E-state index contributed by atoms with van der Waals surface area (Å²) in [6, 6.07) is 11.4. The highest BCUT2D eigenvalue weighted by Crippen LogP contribution is 2.41. The summed E-state index contributed by atoms with van der Waals surface area (Å²) in [5.41, 5.74) is 2.95. The summed E-state index contributed by atoms with van der Waals surface area (Å²) in [4.78, 5) is 2.08. The Kier molecular flexibility index (Phi) is 7.70. The number of thiazole rings is 1. The highest BCUT2D eigenvalue weighted by molar-refractivity contribution is 7.85. The van der Waals surface area contributed by atoms with Crippen molar-refractivity contribution >= 4 is 55.0 Å². The maximum absolute atomic E-state index is 11.3. The molecule has 1 aliphatic rings. The Hall–Kier alpha value is -2.59. The highest BCUT2D eigenvalue weighted by atomic mass is 35.5. The zero-order valence-electron chi connectivity index (χ0n) is 19.8. The van der Waals surface area contributed by atoms with Crippen LogP contribution in [0.1, 0.15) is 31.7 Å². The Balaban J connectivity index is 1.73. The first-order chi connectivity index (χ1) is 16.7. The van der Waals surface area contributed by atoms with E-state index in [1.165, 1.54) is 0 Å². The molecule has 7 nitrogen and oxygen atoms in total. The van der Waals surface area contributed by atoms with E-state index in [0.29, 0.717) is 18.0 Å². The van der Waals surface area contributed by atoms with E-state index >= 15 is 0 Å². The van der Waals surface area contributed by atoms with Gasteiger partial charge in [0, 0.05) is 30.1 Å². The van der Waals surface area contributed by atoms with Crippen molar-refractivity contribution in [2.24, 2.45) is 0 Å². The lowest BCUT2D eigenvalue weighted by atomic mass is 10.2. The third kappa shape index (κ3) is 5.81. The third-order valence-electron chi connectivity index (χ3n) is 5.76. The van der Waals surface area contributed by atoms with Crippen LogP contribution in [0.25, 0.3) is 16.3 Å². The molecule has 3 aromatic rings. The molecule has 0 unspecified atom stereocenters. The number of nitrogens with zero attached hydrogens (tertiary/aromatic N) is 2. The number of rotatable bonds is 9. The number of benzene rings is 2. The molecule has 0 atom stereocenters. The largest absolute Gasteiger partial charge is 0.497 e. The Morgan fingerprint density at radius 1 is 1.26 bits per heavy atom. The molecule has 0 spiro atoms. The predicted molar refractivity (Wildman–Crippen MR) is 141 cm³/mol. The van der Waals surface area contributed by atoms with E-state index in [4.69, 9.17) is 21.1 Å². The number of anilines is 1. The minimum absolute atomic E-state index is 0.290. The van der Waals surface area contributed by atoms with Crippen LogP contribution in [0, 0.1) is 0 Å². The summed E-state index contributed by atoms with van der Waals surface area (Å²) in [6.45, 7) is 5.31. The van der Waals surface area contributed by atoms with E-state index in [2.05, 4.69) is 29.4 Å². The lowest BCUT2D eigenvalue weighted by Crippen LogP contribution is -2.36. The minimum Gasteiger partial charge on any atom is -0.497 e. The van der Waals surface area contributed by atoms with Gasteiger partial charge in [-0.2, -0.15) is 13.0 Å². The predicted octanol–water partition coefficient (Wildman–Crippen LogP) is 5.68. The van der Waals surface area contributed by atoms with Gasteiger partial charge in [0.05, 0.1) is 24.6 Å². The van der Waals surface area contributed by atoms with Gasteiger partial charge in [-0.1, -0.05) is 29.9 Å². The molecule has 186 valence electrons. The monoisotopic (exact) mass is 535 g/mol. The van der Waals surface area contributed by atoms with E-state index in [1.807, 2.05) is 42.5 Å². The zero-order chi connectivity index (χ0) is 25.2. The maximum Gasteiger partial charge on any atom is 0.265 e. The van der Waals surface area contributed by atoms with Crippen molar-refractivity contribution in [1.29, 1.82) is 0 Å². The van der Waals surface area contributed by atoms with Crippen molar-refractivity contribution in [1.82, 2.24) is 0 Å². The minimum atomic E-state index is -4.03. The molecular weight excluding hydrogens is 508 g/mol. The van der Waals surface area contributed by atoms with E-state index in [9.17, 15) is 13.0 Å². The van der Waals surface area contributed by atoms with Crippen LogP contribution in [0.15, 0.2) is 53.9 Å². The molecule has 2 heterocycles. The van der Waals surface area contributed by atoms with Gasteiger partial charge >= 0.3 is 0 Å². The van der Waals surface area contributed by atoms with Crippen LogP contribution in [-0.4, -0.2) is 32.4 Å².